The van der Waals surface area contributed by atoms with E-state index >= 15 is 0 Å². The molecule has 6 heteroatoms. The van der Waals surface area contributed by atoms with E-state index in [4.69, 9.17) is 4.74 Å². The fourth-order valence-electron chi connectivity index (χ4n) is 3.50. The fraction of sp³-hybridized carbons (Fsp3) is 0.636. The second kappa shape index (κ2) is 9.92. The zero-order valence-electron chi connectivity index (χ0n) is 18.0. The lowest BCUT2D eigenvalue weighted by Crippen LogP contribution is -2.47. The van der Waals surface area contributed by atoms with Crippen LogP contribution in [0.1, 0.15) is 48.0 Å². The lowest BCUT2D eigenvalue weighted by Gasteiger charge is -2.36. The third kappa shape index (κ3) is 6.51. The molecule has 1 aliphatic heterocycles. The van der Waals surface area contributed by atoms with Crippen LogP contribution in [0.5, 0.6) is 0 Å². The number of rotatable bonds is 7. The van der Waals surface area contributed by atoms with Gasteiger partial charge in [0, 0.05) is 30.9 Å². The number of morpholine rings is 1. The highest BCUT2D eigenvalue weighted by atomic mass is 16.5. The maximum atomic E-state index is 12.7. The van der Waals surface area contributed by atoms with Gasteiger partial charge in [-0.2, -0.15) is 0 Å². The van der Waals surface area contributed by atoms with Crippen molar-refractivity contribution in [3.05, 3.63) is 24.3 Å². The SMILES string of the molecule is CC(C)CC(=O)NC(C(=O)Nc1ccc(N2CC(C)OC(C)C2)cc1)C(C)C. The van der Waals surface area contributed by atoms with E-state index < -0.39 is 6.04 Å². The van der Waals surface area contributed by atoms with Crippen LogP contribution in [0, 0.1) is 11.8 Å². The number of carbonyl (C=O) groups excluding carboxylic acids is 2. The summed E-state index contributed by atoms with van der Waals surface area (Å²) in [6.45, 7) is 13.7. The summed E-state index contributed by atoms with van der Waals surface area (Å²) >= 11 is 0. The summed E-state index contributed by atoms with van der Waals surface area (Å²) in [6.07, 6.45) is 0.815. The van der Waals surface area contributed by atoms with Gasteiger partial charge in [-0.3, -0.25) is 9.59 Å². The van der Waals surface area contributed by atoms with Crippen molar-refractivity contribution in [2.24, 2.45) is 11.8 Å². The number of carbonyl (C=O) groups is 2. The molecule has 1 aromatic carbocycles. The van der Waals surface area contributed by atoms with Crippen molar-refractivity contribution in [1.82, 2.24) is 5.32 Å². The zero-order valence-corrected chi connectivity index (χ0v) is 18.0. The van der Waals surface area contributed by atoms with E-state index in [2.05, 4.69) is 29.4 Å². The van der Waals surface area contributed by atoms with Crippen LogP contribution in [0.4, 0.5) is 11.4 Å². The minimum atomic E-state index is -0.549. The third-order valence-corrected chi connectivity index (χ3v) is 4.78. The molecule has 0 spiro atoms. The average Bonchev–Trinajstić information content (AvgIpc) is 2.58. The molecule has 6 nitrogen and oxygen atoms in total. The van der Waals surface area contributed by atoms with Crippen LogP contribution in [0.25, 0.3) is 0 Å². The van der Waals surface area contributed by atoms with Crippen LogP contribution in [-0.2, 0) is 14.3 Å². The molecule has 0 radical (unpaired) electrons. The van der Waals surface area contributed by atoms with Crippen molar-refractivity contribution < 1.29 is 14.3 Å². The number of nitrogens with one attached hydrogen (secondary N) is 2. The van der Waals surface area contributed by atoms with Gasteiger partial charge in [-0.25, -0.2) is 0 Å². The van der Waals surface area contributed by atoms with Crippen LogP contribution < -0.4 is 15.5 Å². The zero-order chi connectivity index (χ0) is 20.8. The molecule has 28 heavy (non-hydrogen) atoms. The van der Waals surface area contributed by atoms with Crippen molar-refractivity contribution in [2.45, 2.75) is 66.2 Å². The Bertz CT molecular complexity index is 647. The van der Waals surface area contributed by atoms with Gasteiger partial charge in [0.2, 0.25) is 11.8 Å². The third-order valence-electron chi connectivity index (χ3n) is 4.78. The standard InChI is InChI=1S/C22H35N3O3/c1-14(2)11-20(26)24-21(15(3)4)22(27)23-18-7-9-19(10-8-18)25-12-16(5)28-17(6)13-25/h7-10,14-17,21H,11-13H2,1-6H3,(H,23,27)(H,24,26). The Kier molecular flexibility index (Phi) is 7.87. The molecule has 0 aromatic heterocycles. The van der Waals surface area contributed by atoms with Crippen LogP contribution in [0.15, 0.2) is 24.3 Å². The van der Waals surface area contributed by atoms with E-state index in [0.717, 1.165) is 24.5 Å². The van der Waals surface area contributed by atoms with E-state index in [9.17, 15) is 9.59 Å². The lowest BCUT2D eigenvalue weighted by atomic mass is 10.0. The molecule has 1 aromatic rings. The summed E-state index contributed by atoms with van der Waals surface area (Å²) in [7, 11) is 0. The summed E-state index contributed by atoms with van der Waals surface area (Å²) in [5.41, 5.74) is 1.84. The molecule has 0 saturated carbocycles. The summed E-state index contributed by atoms with van der Waals surface area (Å²) in [5, 5.41) is 5.80. The number of hydrogen-bond acceptors (Lipinski definition) is 4. The normalized spacial score (nSPS) is 20.9. The Labute approximate surface area is 169 Å². The first-order valence-electron chi connectivity index (χ1n) is 10.3. The summed E-state index contributed by atoms with van der Waals surface area (Å²) in [4.78, 5) is 27.1. The maximum Gasteiger partial charge on any atom is 0.247 e. The molecule has 0 aliphatic carbocycles. The predicted molar refractivity (Wildman–Crippen MR) is 114 cm³/mol. The monoisotopic (exact) mass is 389 g/mol. The number of ether oxygens (including phenoxy) is 1. The minimum Gasteiger partial charge on any atom is -0.372 e. The van der Waals surface area contributed by atoms with Gasteiger partial charge in [0.25, 0.3) is 0 Å². The highest BCUT2D eigenvalue weighted by molar-refractivity contribution is 5.97. The molecule has 3 atom stereocenters. The molecule has 2 N–H and O–H groups in total. The first-order valence-corrected chi connectivity index (χ1v) is 10.3. The van der Waals surface area contributed by atoms with Crippen molar-refractivity contribution >= 4 is 23.2 Å². The molecule has 156 valence electrons. The van der Waals surface area contributed by atoms with E-state index in [-0.39, 0.29) is 35.9 Å². The summed E-state index contributed by atoms with van der Waals surface area (Å²) in [5.74, 6) is -0.0102. The molecule has 1 heterocycles. The predicted octanol–water partition coefficient (Wildman–Crippen LogP) is 3.43. The Morgan fingerprint density at radius 1 is 1.07 bits per heavy atom. The van der Waals surface area contributed by atoms with Crippen molar-refractivity contribution in [2.75, 3.05) is 23.3 Å². The number of amides is 2. The molecule has 2 amide bonds. The van der Waals surface area contributed by atoms with Gasteiger partial charge in [-0.1, -0.05) is 27.7 Å². The smallest absolute Gasteiger partial charge is 0.247 e. The second-order valence-electron chi connectivity index (χ2n) is 8.59. The topological polar surface area (TPSA) is 70.7 Å². The maximum absolute atomic E-state index is 12.7. The van der Waals surface area contributed by atoms with Crippen LogP contribution in [-0.4, -0.2) is 43.2 Å². The molecule has 3 unspecified atom stereocenters. The van der Waals surface area contributed by atoms with Gasteiger partial charge >= 0.3 is 0 Å². The highest BCUT2D eigenvalue weighted by Gasteiger charge is 2.25. The average molecular weight is 390 g/mol. The van der Waals surface area contributed by atoms with E-state index in [0.29, 0.717) is 6.42 Å². The Morgan fingerprint density at radius 2 is 1.64 bits per heavy atom. The number of benzene rings is 1. The Morgan fingerprint density at radius 3 is 2.14 bits per heavy atom. The first-order chi connectivity index (χ1) is 13.2. The van der Waals surface area contributed by atoms with Gasteiger partial charge in [-0.05, 0) is 49.9 Å². The number of nitrogens with zero attached hydrogens (tertiary/aromatic N) is 1. The molecular weight excluding hydrogens is 354 g/mol. The van der Waals surface area contributed by atoms with Gasteiger partial charge in [0.15, 0.2) is 0 Å². The molecule has 1 fully saturated rings. The molecule has 1 saturated heterocycles. The molecule has 2 rings (SSSR count). The lowest BCUT2D eigenvalue weighted by molar-refractivity contribution is -0.127. The van der Waals surface area contributed by atoms with E-state index in [1.54, 1.807) is 0 Å². The second-order valence-corrected chi connectivity index (χ2v) is 8.59. The quantitative estimate of drug-likeness (QED) is 0.750. The van der Waals surface area contributed by atoms with Crippen LogP contribution in [0.3, 0.4) is 0 Å². The molecular formula is C22H35N3O3. The van der Waals surface area contributed by atoms with Crippen molar-refractivity contribution in [1.29, 1.82) is 0 Å². The van der Waals surface area contributed by atoms with Gasteiger partial charge in [0.05, 0.1) is 12.2 Å². The summed E-state index contributed by atoms with van der Waals surface area (Å²) in [6, 6.07) is 7.30. The Hall–Kier alpha value is -2.08. The molecule has 1 aliphatic rings. The minimum absolute atomic E-state index is 0.00621. The van der Waals surface area contributed by atoms with Crippen molar-refractivity contribution in [3.8, 4) is 0 Å². The summed E-state index contributed by atoms with van der Waals surface area (Å²) < 4.78 is 5.79. The van der Waals surface area contributed by atoms with Gasteiger partial charge in [0.1, 0.15) is 6.04 Å². The first kappa shape index (κ1) is 22.2. The van der Waals surface area contributed by atoms with Crippen LogP contribution in [0.2, 0.25) is 0 Å². The Balaban J connectivity index is 1.99. The van der Waals surface area contributed by atoms with Gasteiger partial charge < -0.3 is 20.3 Å². The largest absolute Gasteiger partial charge is 0.372 e. The number of hydrogen-bond donors (Lipinski definition) is 2. The van der Waals surface area contributed by atoms with E-state index in [1.807, 2.05) is 52.0 Å². The van der Waals surface area contributed by atoms with Crippen LogP contribution >= 0.6 is 0 Å². The van der Waals surface area contributed by atoms with E-state index in [1.165, 1.54) is 0 Å². The fourth-order valence-corrected chi connectivity index (χ4v) is 3.50. The highest BCUT2D eigenvalue weighted by Crippen LogP contribution is 2.22. The number of anilines is 2. The van der Waals surface area contributed by atoms with Gasteiger partial charge in [-0.15, -0.1) is 0 Å². The molecule has 0 bridgehead atoms. The van der Waals surface area contributed by atoms with Crippen molar-refractivity contribution in [3.63, 3.8) is 0 Å².